The molecule has 13 heteroatoms. The van der Waals surface area contributed by atoms with E-state index >= 15 is 0 Å². The van der Waals surface area contributed by atoms with Gasteiger partial charge in [-0.2, -0.15) is 23.3 Å². The Bertz CT molecular complexity index is 1540. The van der Waals surface area contributed by atoms with Crippen LogP contribution >= 0.6 is 11.3 Å². The number of nitrogens with zero attached hydrogens (tertiary/aromatic N) is 4. The number of carbonyl (C=O) groups is 1. The molecular formula is C28H33F3N6O3S. The summed E-state index contributed by atoms with van der Waals surface area (Å²) < 4.78 is 48.7. The molecule has 4 aromatic rings. The Kier molecular flexibility index (Phi) is 7.62. The summed E-state index contributed by atoms with van der Waals surface area (Å²) in [5.41, 5.74) is 0.201. The second-order valence-electron chi connectivity index (χ2n) is 11.8. The maximum Gasteiger partial charge on any atom is 0.393 e. The van der Waals surface area contributed by atoms with E-state index < -0.39 is 18.2 Å². The smallest absolute Gasteiger partial charge is 0.390 e. The summed E-state index contributed by atoms with van der Waals surface area (Å²) in [4.78, 5) is 17.2. The number of halogens is 3. The summed E-state index contributed by atoms with van der Waals surface area (Å²) in [5.74, 6) is -0.283. The van der Waals surface area contributed by atoms with Gasteiger partial charge in [0.25, 0.3) is 5.91 Å². The van der Waals surface area contributed by atoms with Crippen LogP contribution in [0.25, 0.3) is 20.8 Å². The van der Waals surface area contributed by atoms with Crippen molar-refractivity contribution < 1.29 is 27.6 Å². The van der Waals surface area contributed by atoms with Gasteiger partial charge in [0, 0.05) is 12.2 Å². The van der Waals surface area contributed by atoms with Crippen LogP contribution < -0.4 is 10.6 Å². The predicted molar refractivity (Wildman–Crippen MR) is 150 cm³/mol. The summed E-state index contributed by atoms with van der Waals surface area (Å²) in [6.45, 7) is 7.62. The highest BCUT2D eigenvalue weighted by Crippen LogP contribution is 2.44. The molecule has 3 heterocycles. The maximum absolute atomic E-state index is 13.7. The van der Waals surface area contributed by atoms with Crippen LogP contribution in [0.4, 0.5) is 18.9 Å². The van der Waals surface area contributed by atoms with Crippen LogP contribution in [0.1, 0.15) is 75.2 Å². The molecule has 220 valence electrons. The molecule has 1 fully saturated rings. The van der Waals surface area contributed by atoms with E-state index in [1.165, 1.54) is 17.5 Å². The molecule has 0 atom stereocenters. The molecule has 1 aliphatic rings. The number of thiophene rings is 1. The number of hydrogen-bond acceptors (Lipinski definition) is 8. The molecule has 0 aliphatic heterocycles. The number of rotatable bonds is 7. The average molecular weight is 591 g/mol. The fraction of sp³-hybridized carbons (Fsp3) is 0.500. The normalized spacial score (nSPS) is 20.0. The molecule has 9 nitrogen and oxygen atoms in total. The largest absolute Gasteiger partial charge is 0.393 e. The first kappa shape index (κ1) is 29.1. The number of alkyl halides is 3. The zero-order chi connectivity index (χ0) is 29.6. The maximum atomic E-state index is 13.7. The molecule has 0 spiro atoms. The number of carbonyl (C=O) groups excluding carboxylic acids is 1. The summed E-state index contributed by atoms with van der Waals surface area (Å²) in [7, 11) is 0. The van der Waals surface area contributed by atoms with Crippen molar-refractivity contribution in [2.24, 2.45) is 0 Å². The molecule has 0 saturated heterocycles. The third-order valence-electron chi connectivity index (χ3n) is 7.22. The number of nitrogens with one attached hydrogen (secondary N) is 2. The van der Waals surface area contributed by atoms with Crippen molar-refractivity contribution in [1.29, 1.82) is 0 Å². The summed E-state index contributed by atoms with van der Waals surface area (Å²) in [6.07, 6.45) is 0.323. The van der Waals surface area contributed by atoms with Crippen LogP contribution in [0.5, 0.6) is 0 Å². The second-order valence-corrected chi connectivity index (χ2v) is 12.9. The molecule has 0 radical (unpaired) electrons. The Hall–Kier alpha value is -3.45. The number of amides is 1. The van der Waals surface area contributed by atoms with Crippen LogP contribution in [-0.4, -0.2) is 48.8 Å². The lowest BCUT2D eigenvalue weighted by Crippen LogP contribution is -2.35. The summed E-state index contributed by atoms with van der Waals surface area (Å²) in [6, 6.07) is 5.37. The lowest BCUT2D eigenvalue weighted by molar-refractivity contribution is -0.126. The molecule has 1 saturated carbocycles. The topological polar surface area (TPSA) is 118 Å². The zero-order valence-corrected chi connectivity index (χ0v) is 24.1. The van der Waals surface area contributed by atoms with Crippen LogP contribution in [0.2, 0.25) is 0 Å². The van der Waals surface area contributed by atoms with Gasteiger partial charge >= 0.3 is 6.18 Å². The van der Waals surface area contributed by atoms with Crippen molar-refractivity contribution in [2.45, 2.75) is 89.7 Å². The van der Waals surface area contributed by atoms with Gasteiger partial charge in [-0.15, -0.1) is 11.3 Å². The first-order chi connectivity index (χ1) is 19.2. The molecule has 3 aromatic heterocycles. The van der Waals surface area contributed by atoms with Crippen molar-refractivity contribution in [3.8, 4) is 10.7 Å². The van der Waals surface area contributed by atoms with Crippen molar-refractivity contribution in [1.82, 2.24) is 25.2 Å². The Balaban J connectivity index is 1.38. The number of fused-ring (bicyclic) bond motifs is 1. The van der Waals surface area contributed by atoms with Gasteiger partial charge in [0.2, 0.25) is 11.7 Å². The standard InChI is InChI=1S/C28H33F3N6O3S/c1-26(2,3)37-15-16(13-33-37)25(38)32-14-21-35-24(36-40-21)23-19(12-28(29,30)31)18-6-5-7-20(22(18)41-23)34-17-8-10-27(4,39)11-9-17/h5-7,13,15,17,34,39H,8-12,14H2,1-4H3,(H,32,38). The molecule has 1 aromatic carbocycles. The van der Waals surface area contributed by atoms with Gasteiger partial charge in [-0.25, -0.2) is 0 Å². The van der Waals surface area contributed by atoms with Gasteiger partial charge in [-0.05, 0) is 70.4 Å². The van der Waals surface area contributed by atoms with Crippen molar-refractivity contribution in [2.75, 3.05) is 5.32 Å². The van der Waals surface area contributed by atoms with E-state index in [0.29, 0.717) is 28.5 Å². The first-order valence-corrected chi connectivity index (χ1v) is 14.3. The number of benzene rings is 1. The highest BCUT2D eigenvalue weighted by molar-refractivity contribution is 7.23. The van der Waals surface area contributed by atoms with E-state index in [2.05, 4.69) is 25.9 Å². The third kappa shape index (κ3) is 6.72. The minimum atomic E-state index is -4.45. The van der Waals surface area contributed by atoms with Crippen LogP contribution in [0.3, 0.4) is 0 Å². The molecule has 5 rings (SSSR count). The Morgan fingerprint density at radius 2 is 1.98 bits per heavy atom. The van der Waals surface area contributed by atoms with E-state index in [1.807, 2.05) is 33.8 Å². The molecular weight excluding hydrogens is 557 g/mol. The fourth-order valence-electron chi connectivity index (χ4n) is 4.93. The lowest BCUT2D eigenvalue weighted by atomic mass is 9.83. The Morgan fingerprint density at radius 1 is 1.24 bits per heavy atom. The number of aliphatic hydroxyl groups is 1. The quantitative estimate of drug-likeness (QED) is 0.240. The third-order valence-corrected chi connectivity index (χ3v) is 8.50. The van der Waals surface area contributed by atoms with E-state index in [9.17, 15) is 23.1 Å². The molecule has 41 heavy (non-hydrogen) atoms. The lowest BCUT2D eigenvalue weighted by Gasteiger charge is -2.34. The van der Waals surface area contributed by atoms with Crippen LogP contribution in [0.15, 0.2) is 35.1 Å². The minimum Gasteiger partial charge on any atom is -0.390 e. The molecule has 0 bridgehead atoms. The van der Waals surface area contributed by atoms with Crippen LogP contribution in [0, 0.1) is 0 Å². The van der Waals surface area contributed by atoms with Gasteiger partial charge in [-0.3, -0.25) is 9.48 Å². The molecule has 1 amide bonds. The van der Waals surface area contributed by atoms with Gasteiger partial charge in [-0.1, -0.05) is 17.3 Å². The van der Waals surface area contributed by atoms with Crippen LogP contribution in [-0.2, 0) is 18.5 Å². The van der Waals surface area contributed by atoms with Gasteiger partial charge in [0.1, 0.15) is 0 Å². The van der Waals surface area contributed by atoms with E-state index in [1.54, 1.807) is 23.0 Å². The number of anilines is 1. The average Bonchev–Trinajstić information content (AvgIpc) is 3.62. The van der Waals surface area contributed by atoms with Crippen molar-refractivity contribution in [3.63, 3.8) is 0 Å². The highest BCUT2D eigenvalue weighted by atomic mass is 32.1. The molecule has 1 aliphatic carbocycles. The van der Waals surface area contributed by atoms with Gasteiger partial charge in [0.15, 0.2) is 0 Å². The fourth-order valence-corrected chi connectivity index (χ4v) is 6.15. The summed E-state index contributed by atoms with van der Waals surface area (Å²) in [5, 5.41) is 25.1. The van der Waals surface area contributed by atoms with Crippen molar-refractivity contribution in [3.05, 3.63) is 47.6 Å². The molecule has 0 unspecified atom stereocenters. The zero-order valence-electron chi connectivity index (χ0n) is 23.3. The van der Waals surface area contributed by atoms with Gasteiger partial charge in [0.05, 0.1) is 51.1 Å². The summed E-state index contributed by atoms with van der Waals surface area (Å²) >= 11 is 1.18. The SMILES string of the molecule is CC1(O)CCC(Nc2cccc3c(CC(F)(F)F)c(-c4noc(CNC(=O)c5cnn(C(C)(C)C)c5)n4)sc23)CC1. The first-order valence-electron chi connectivity index (χ1n) is 13.4. The highest BCUT2D eigenvalue weighted by Gasteiger charge is 2.33. The Labute approximate surface area is 239 Å². The van der Waals surface area contributed by atoms with E-state index in [4.69, 9.17) is 4.52 Å². The minimum absolute atomic E-state index is 0.0370. The second kappa shape index (κ2) is 10.8. The molecule has 3 N–H and O–H groups in total. The monoisotopic (exact) mass is 590 g/mol. The van der Waals surface area contributed by atoms with Gasteiger partial charge < -0.3 is 20.3 Å². The number of aromatic nitrogens is 4. The van der Waals surface area contributed by atoms with E-state index in [0.717, 1.165) is 18.5 Å². The Morgan fingerprint density at radius 3 is 2.63 bits per heavy atom. The van der Waals surface area contributed by atoms with E-state index in [-0.39, 0.29) is 46.2 Å². The number of hydrogen-bond donors (Lipinski definition) is 3. The predicted octanol–water partition coefficient (Wildman–Crippen LogP) is 6.04. The van der Waals surface area contributed by atoms with Crippen molar-refractivity contribution >= 4 is 33.0 Å².